The maximum atomic E-state index is 12.0. The molecule has 0 spiro atoms. The van der Waals surface area contributed by atoms with Crippen LogP contribution in [0.5, 0.6) is 0 Å². The third kappa shape index (κ3) is 2.07. The lowest BCUT2D eigenvalue weighted by molar-refractivity contribution is -0.220. The van der Waals surface area contributed by atoms with Crippen LogP contribution in [0.1, 0.15) is 6.92 Å². The number of rotatable bonds is 2. The first-order valence-electron chi connectivity index (χ1n) is 2.34. The highest BCUT2D eigenvalue weighted by atomic mass is 35.5. The smallest absolute Gasteiger partial charge is 0.272 e. The van der Waals surface area contributed by atoms with Crippen molar-refractivity contribution in [2.45, 2.75) is 13.0 Å². The van der Waals surface area contributed by atoms with E-state index in [1.165, 1.54) is 0 Å². The largest absolute Gasteiger partial charge is 0.427 e. The Morgan fingerprint density at radius 2 is 1.82 bits per heavy atom. The summed E-state index contributed by atoms with van der Waals surface area (Å²) in [5.74, 6) is -1.59. The predicted octanol–water partition coefficient (Wildman–Crippen LogP) is 1.08. The van der Waals surface area contributed by atoms with Crippen molar-refractivity contribution in [3.8, 4) is 0 Å². The Balaban J connectivity index is 4.55. The fourth-order valence-electron chi connectivity index (χ4n) is 0.275. The molecule has 0 aliphatic heterocycles. The van der Waals surface area contributed by atoms with Gasteiger partial charge >= 0.3 is 11.3 Å². The lowest BCUT2D eigenvalue weighted by atomic mass is 10.5. The molecule has 1 amide bonds. The molecule has 0 aliphatic rings. The van der Waals surface area contributed by atoms with Crippen molar-refractivity contribution < 1.29 is 22.9 Å². The van der Waals surface area contributed by atoms with E-state index >= 15 is 0 Å². The lowest BCUT2D eigenvalue weighted by Crippen LogP contribution is -2.43. The third-order valence-electron chi connectivity index (χ3n) is 0.760. The van der Waals surface area contributed by atoms with Crippen LogP contribution >= 0.6 is 11.6 Å². The standard InChI is InChI=1S/C4H3ClF3NO2/c1-2(10)9(8)4(6,7)3(5)11/h1H3. The molecular formula is C4H3ClF3NO2. The zero-order valence-electron chi connectivity index (χ0n) is 5.28. The van der Waals surface area contributed by atoms with Crippen LogP contribution in [-0.4, -0.2) is 22.3 Å². The van der Waals surface area contributed by atoms with Gasteiger partial charge < -0.3 is 0 Å². The molecule has 0 bridgehead atoms. The molecule has 0 aromatic rings. The van der Waals surface area contributed by atoms with Crippen molar-refractivity contribution in [1.82, 2.24) is 5.12 Å². The Morgan fingerprint density at radius 1 is 1.45 bits per heavy atom. The van der Waals surface area contributed by atoms with Crippen molar-refractivity contribution in [1.29, 1.82) is 0 Å². The Kier molecular flexibility index (Phi) is 2.86. The maximum Gasteiger partial charge on any atom is 0.427 e. The molecule has 11 heavy (non-hydrogen) atoms. The highest BCUT2D eigenvalue weighted by molar-refractivity contribution is 6.65. The summed E-state index contributed by atoms with van der Waals surface area (Å²) in [6.45, 7) is 0.535. The van der Waals surface area contributed by atoms with Crippen molar-refractivity contribution in [3.05, 3.63) is 0 Å². The summed E-state index contributed by atoms with van der Waals surface area (Å²) in [4.78, 5) is 19.7. The molecule has 0 aliphatic carbocycles. The number of amides is 1. The van der Waals surface area contributed by atoms with Gasteiger partial charge in [-0.15, -0.1) is 5.12 Å². The summed E-state index contributed by atoms with van der Waals surface area (Å²) >= 11 is 4.29. The molecule has 0 atom stereocenters. The van der Waals surface area contributed by atoms with Gasteiger partial charge in [-0.2, -0.15) is 8.78 Å². The second-order valence-electron chi connectivity index (χ2n) is 1.61. The Bertz CT molecular complexity index is 196. The van der Waals surface area contributed by atoms with E-state index in [1.807, 2.05) is 0 Å². The zero-order chi connectivity index (χ0) is 9.23. The second kappa shape index (κ2) is 3.08. The zero-order valence-corrected chi connectivity index (χ0v) is 6.03. The quantitative estimate of drug-likeness (QED) is 0.370. The van der Waals surface area contributed by atoms with Gasteiger partial charge in [0.2, 0.25) is 0 Å². The SMILES string of the molecule is CC(=O)N(F)C(F)(F)C(=O)Cl. The minimum atomic E-state index is -4.58. The molecule has 0 aromatic carbocycles. The maximum absolute atomic E-state index is 12.0. The van der Waals surface area contributed by atoms with Gasteiger partial charge in [0.1, 0.15) is 0 Å². The van der Waals surface area contributed by atoms with E-state index in [0.717, 1.165) is 0 Å². The van der Waals surface area contributed by atoms with E-state index in [0.29, 0.717) is 6.92 Å². The Labute approximate surface area is 64.7 Å². The van der Waals surface area contributed by atoms with E-state index in [4.69, 9.17) is 0 Å². The van der Waals surface area contributed by atoms with Crippen LogP contribution in [0.15, 0.2) is 0 Å². The van der Waals surface area contributed by atoms with Crippen LogP contribution in [0, 0.1) is 0 Å². The first-order chi connectivity index (χ1) is 4.80. The number of hydrogen-bond acceptors (Lipinski definition) is 2. The van der Waals surface area contributed by atoms with Gasteiger partial charge in [-0.1, -0.05) is 4.48 Å². The molecule has 0 N–H and O–H groups in total. The van der Waals surface area contributed by atoms with Gasteiger partial charge in [0.15, 0.2) is 0 Å². The highest BCUT2D eigenvalue weighted by Crippen LogP contribution is 2.22. The number of nitrogens with zero attached hydrogens (tertiary/aromatic N) is 1. The molecule has 0 heterocycles. The summed E-state index contributed by atoms with van der Waals surface area (Å²) in [5.41, 5.74) is 0. The van der Waals surface area contributed by atoms with E-state index < -0.39 is 22.3 Å². The van der Waals surface area contributed by atoms with E-state index in [9.17, 15) is 22.9 Å². The molecule has 3 nitrogen and oxygen atoms in total. The molecule has 0 saturated carbocycles. The fourth-order valence-corrected chi connectivity index (χ4v) is 0.349. The fraction of sp³-hybridized carbons (Fsp3) is 0.500. The molecule has 0 saturated heterocycles. The molecule has 0 unspecified atom stereocenters. The predicted molar refractivity (Wildman–Crippen MR) is 29.4 cm³/mol. The number of carbonyl (C=O) groups excluding carboxylic acids is 2. The Morgan fingerprint density at radius 3 is 1.91 bits per heavy atom. The summed E-state index contributed by atoms with van der Waals surface area (Å²) in [6.07, 6.45) is 0. The number of halogens is 4. The van der Waals surface area contributed by atoms with Gasteiger partial charge in [0.05, 0.1) is 0 Å². The minimum Gasteiger partial charge on any atom is -0.272 e. The molecular weight excluding hydrogens is 186 g/mol. The van der Waals surface area contributed by atoms with E-state index in [-0.39, 0.29) is 0 Å². The topological polar surface area (TPSA) is 37.4 Å². The molecule has 7 heteroatoms. The highest BCUT2D eigenvalue weighted by Gasteiger charge is 2.47. The number of hydrogen-bond donors (Lipinski definition) is 0. The van der Waals surface area contributed by atoms with E-state index in [2.05, 4.69) is 11.6 Å². The molecule has 64 valence electrons. The second-order valence-corrected chi connectivity index (χ2v) is 1.96. The van der Waals surface area contributed by atoms with Crippen molar-refractivity contribution in [3.63, 3.8) is 0 Å². The summed E-state index contributed by atoms with van der Waals surface area (Å²) in [5, 5.41) is -3.77. The monoisotopic (exact) mass is 189 g/mol. The number of alkyl halides is 2. The van der Waals surface area contributed by atoms with Crippen LogP contribution in [0.3, 0.4) is 0 Å². The van der Waals surface area contributed by atoms with Gasteiger partial charge in [0.25, 0.3) is 5.91 Å². The van der Waals surface area contributed by atoms with Gasteiger partial charge in [-0.05, 0) is 11.6 Å². The number of carbonyl (C=O) groups is 2. The van der Waals surface area contributed by atoms with Crippen LogP contribution < -0.4 is 0 Å². The first kappa shape index (κ1) is 10.2. The van der Waals surface area contributed by atoms with Crippen LogP contribution in [0.2, 0.25) is 0 Å². The molecule has 0 rings (SSSR count). The molecule has 0 radical (unpaired) electrons. The third-order valence-corrected chi connectivity index (χ3v) is 0.987. The lowest BCUT2D eigenvalue weighted by Gasteiger charge is -2.16. The average Bonchev–Trinajstić information content (AvgIpc) is 1.85. The van der Waals surface area contributed by atoms with Crippen molar-refractivity contribution >= 4 is 22.8 Å². The minimum absolute atomic E-state index is 0.535. The summed E-state index contributed by atoms with van der Waals surface area (Å²) in [6, 6.07) is -4.58. The summed E-state index contributed by atoms with van der Waals surface area (Å²) < 4.78 is 36.1. The normalized spacial score (nSPS) is 11.0. The van der Waals surface area contributed by atoms with Crippen LogP contribution in [0.4, 0.5) is 13.3 Å². The van der Waals surface area contributed by atoms with Crippen LogP contribution in [-0.2, 0) is 9.59 Å². The molecule has 0 fully saturated rings. The average molecular weight is 190 g/mol. The van der Waals surface area contributed by atoms with Gasteiger partial charge in [0, 0.05) is 6.92 Å². The van der Waals surface area contributed by atoms with Gasteiger partial charge in [-0.25, -0.2) is 0 Å². The first-order valence-corrected chi connectivity index (χ1v) is 2.72. The van der Waals surface area contributed by atoms with Crippen molar-refractivity contribution in [2.75, 3.05) is 0 Å². The molecule has 0 aromatic heterocycles. The van der Waals surface area contributed by atoms with Crippen molar-refractivity contribution in [2.24, 2.45) is 0 Å². The van der Waals surface area contributed by atoms with Gasteiger partial charge in [-0.3, -0.25) is 9.59 Å². The van der Waals surface area contributed by atoms with E-state index in [1.54, 1.807) is 0 Å². The Hall–Kier alpha value is -0.780. The summed E-state index contributed by atoms with van der Waals surface area (Å²) in [7, 11) is 0. The van der Waals surface area contributed by atoms with Crippen LogP contribution in [0.25, 0.3) is 0 Å².